The van der Waals surface area contributed by atoms with Gasteiger partial charge in [0, 0.05) is 25.7 Å². The van der Waals surface area contributed by atoms with Crippen molar-refractivity contribution in [2.45, 2.75) is 71.8 Å². The summed E-state index contributed by atoms with van der Waals surface area (Å²) in [6.07, 6.45) is 8.31. The number of nitrogens with zero attached hydrogens (tertiary/aromatic N) is 2. The molecule has 3 rings (SSSR count). The molecule has 0 spiro atoms. The van der Waals surface area contributed by atoms with E-state index in [1.807, 2.05) is 0 Å². The lowest BCUT2D eigenvalue weighted by atomic mass is 9.86. The van der Waals surface area contributed by atoms with Crippen LogP contribution in [0, 0.1) is 17.3 Å². The van der Waals surface area contributed by atoms with Crippen molar-refractivity contribution in [3.05, 3.63) is 0 Å². The number of guanidine groups is 1. The Balaban J connectivity index is 0.00000261. The van der Waals surface area contributed by atoms with Crippen LogP contribution in [0.25, 0.3) is 0 Å². The van der Waals surface area contributed by atoms with Crippen LogP contribution in [0.2, 0.25) is 0 Å². The van der Waals surface area contributed by atoms with E-state index in [0.29, 0.717) is 35.4 Å². The van der Waals surface area contributed by atoms with Crippen LogP contribution in [0.15, 0.2) is 4.99 Å². The number of rotatable bonds is 4. The largest absolute Gasteiger partial charge is 0.353 e. The van der Waals surface area contributed by atoms with E-state index in [1.54, 1.807) is 0 Å². The highest BCUT2D eigenvalue weighted by Gasteiger charge is 2.35. The SMILES string of the molecule is CCC1(C)CCN(C(=NCC2CCS(=O)(=O)C2)NC2CCCCC2C)C1.I. The predicted octanol–water partition coefficient (Wildman–Crippen LogP) is 3.69. The van der Waals surface area contributed by atoms with E-state index in [2.05, 4.69) is 31.0 Å². The number of hydrogen-bond acceptors (Lipinski definition) is 3. The zero-order chi connectivity index (χ0) is 18.8. The fourth-order valence-corrected chi connectivity index (χ4v) is 6.51. The summed E-state index contributed by atoms with van der Waals surface area (Å²) in [5.74, 6) is 2.57. The maximum atomic E-state index is 11.8. The molecule has 2 aliphatic heterocycles. The third-order valence-corrected chi connectivity index (χ3v) is 8.80. The van der Waals surface area contributed by atoms with Gasteiger partial charge in [0.05, 0.1) is 11.5 Å². The normalized spacial score (nSPS) is 36.5. The van der Waals surface area contributed by atoms with Crippen molar-refractivity contribution in [2.75, 3.05) is 31.1 Å². The first-order valence-electron chi connectivity index (χ1n) is 10.6. The molecule has 0 bridgehead atoms. The second-order valence-corrected chi connectivity index (χ2v) is 11.5. The molecule has 4 unspecified atom stereocenters. The van der Waals surface area contributed by atoms with Gasteiger partial charge in [-0.15, -0.1) is 24.0 Å². The Morgan fingerprint density at radius 2 is 2.00 bits per heavy atom. The van der Waals surface area contributed by atoms with Crippen molar-refractivity contribution in [3.63, 3.8) is 0 Å². The number of hydrogen-bond donors (Lipinski definition) is 1. The Hall–Kier alpha value is -0.0500. The summed E-state index contributed by atoms with van der Waals surface area (Å²) in [4.78, 5) is 7.37. The lowest BCUT2D eigenvalue weighted by Crippen LogP contribution is -2.49. The van der Waals surface area contributed by atoms with Crippen molar-refractivity contribution in [1.82, 2.24) is 10.2 Å². The molecule has 1 N–H and O–H groups in total. The number of aliphatic imine (C=N–C) groups is 1. The van der Waals surface area contributed by atoms with Gasteiger partial charge < -0.3 is 10.2 Å². The van der Waals surface area contributed by atoms with E-state index in [4.69, 9.17) is 4.99 Å². The van der Waals surface area contributed by atoms with Crippen LogP contribution in [-0.2, 0) is 9.84 Å². The molecule has 0 aromatic carbocycles. The minimum absolute atomic E-state index is 0. The predicted molar refractivity (Wildman–Crippen MR) is 124 cm³/mol. The smallest absolute Gasteiger partial charge is 0.194 e. The molecule has 27 heavy (non-hydrogen) atoms. The number of sulfone groups is 1. The van der Waals surface area contributed by atoms with Crippen LogP contribution >= 0.6 is 24.0 Å². The van der Waals surface area contributed by atoms with Crippen LogP contribution in [0.5, 0.6) is 0 Å². The van der Waals surface area contributed by atoms with Gasteiger partial charge in [0.15, 0.2) is 15.8 Å². The third-order valence-electron chi connectivity index (χ3n) is 6.96. The third kappa shape index (κ3) is 6.21. The molecule has 2 saturated heterocycles. The lowest BCUT2D eigenvalue weighted by Gasteiger charge is -2.34. The maximum absolute atomic E-state index is 11.8. The molecule has 0 aromatic rings. The molecule has 3 fully saturated rings. The van der Waals surface area contributed by atoms with Gasteiger partial charge in [0.25, 0.3) is 0 Å². The minimum atomic E-state index is -2.82. The number of halogens is 1. The molecule has 158 valence electrons. The van der Waals surface area contributed by atoms with Crippen LogP contribution in [-0.4, -0.2) is 56.5 Å². The monoisotopic (exact) mass is 511 g/mol. The number of nitrogens with one attached hydrogen (secondary N) is 1. The first-order chi connectivity index (χ1) is 12.3. The summed E-state index contributed by atoms with van der Waals surface area (Å²) in [6.45, 7) is 9.75. The first-order valence-corrected chi connectivity index (χ1v) is 12.4. The summed E-state index contributed by atoms with van der Waals surface area (Å²) in [5, 5.41) is 3.78. The van der Waals surface area contributed by atoms with Gasteiger partial charge >= 0.3 is 0 Å². The van der Waals surface area contributed by atoms with E-state index in [9.17, 15) is 8.42 Å². The highest BCUT2D eigenvalue weighted by molar-refractivity contribution is 14.0. The average molecular weight is 512 g/mol. The highest BCUT2D eigenvalue weighted by atomic mass is 127. The van der Waals surface area contributed by atoms with Gasteiger partial charge in [-0.3, -0.25) is 4.99 Å². The Morgan fingerprint density at radius 1 is 1.26 bits per heavy atom. The van der Waals surface area contributed by atoms with Crippen LogP contribution in [0.1, 0.15) is 65.7 Å². The highest BCUT2D eigenvalue weighted by Crippen LogP contribution is 2.33. The summed E-state index contributed by atoms with van der Waals surface area (Å²) < 4.78 is 23.5. The molecule has 1 aliphatic carbocycles. The molecule has 1 saturated carbocycles. The molecule has 3 aliphatic rings. The van der Waals surface area contributed by atoms with Crippen molar-refractivity contribution in [2.24, 2.45) is 22.2 Å². The van der Waals surface area contributed by atoms with Gasteiger partial charge in [-0.1, -0.05) is 33.6 Å². The van der Waals surface area contributed by atoms with Gasteiger partial charge in [-0.25, -0.2) is 8.42 Å². The van der Waals surface area contributed by atoms with Crippen LogP contribution in [0.3, 0.4) is 0 Å². The summed E-state index contributed by atoms with van der Waals surface area (Å²) >= 11 is 0. The zero-order valence-corrected chi connectivity index (χ0v) is 20.4. The standard InChI is InChI=1S/C20H37N3O2S.HI/c1-4-20(3)10-11-23(15-20)19(22-18-8-6-5-7-16(18)2)21-13-17-9-12-26(24,25)14-17;/h16-18H,4-15H2,1-3H3,(H,21,22);1H. The van der Waals surface area contributed by atoms with E-state index < -0.39 is 9.84 Å². The molecule has 4 atom stereocenters. The van der Waals surface area contributed by atoms with E-state index in [0.717, 1.165) is 25.5 Å². The molecule has 5 nitrogen and oxygen atoms in total. The van der Waals surface area contributed by atoms with Crippen LogP contribution in [0.4, 0.5) is 0 Å². The Bertz CT molecular complexity index is 625. The Labute approximate surface area is 183 Å². The summed E-state index contributed by atoms with van der Waals surface area (Å²) in [5.41, 5.74) is 0.372. The average Bonchev–Trinajstić information content (AvgIpc) is 3.16. The van der Waals surface area contributed by atoms with Gasteiger partial charge in [-0.2, -0.15) is 0 Å². The van der Waals surface area contributed by atoms with Gasteiger partial charge in [-0.05, 0) is 49.4 Å². The second-order valence-electron chi connectivity index (χ2n) is 9.28. The second kappa shape index (κ2) is 9.63. The molecule has 7 heteroatoms. The summed E-state index contributed by atoms with van der Waals surface area (Å²) in [7, 11) is -2.82. The topological polar surface area (TPSA) is 61.8 Å². The fraction of sp³-hybridized carbons (Fsp3) is 0.950. The van der Waals surface area contributed by atoms with Crippen molar-refractivity contribution in [1.29, 1.82) is 0 Å². The molecule has 2 heterocycles. The first kappa shape index (κ1) is 23.2. The molecular formula is C20H38IN3O2S. The molecule has 0 amide bonds. The Kier molecular flexibility index (Phi) is 8.29. The lowest BCUT2D eigenvalue weighted by molar-refractivity contribution is 0.289. The zero-order valence-electron chi connectivity index (χ0n) is 17.2. The molecular weight excluding hydrogens is 473 g/mol. The van der Waals surface area contributed by atoms with Crippen molar-refractivity contribution < 1.29 is 8.42 Å². The fourth-order valence-electron chi connectivity index (χ4n) is 4.66. The van der Waals surface area contributed by atoms with E-state index in [-0.39, 0.29) is 29.9 Å². The Morgan fingerprint density at radius 3 is 2.59 bits per heavy atom. The summed E-state index contributed by atoms with van der Waals surface area (Å²) in [6, 6.07) is 0.503. The maximum Gasteiger partial charge on any atom is 0.194 e. The van der Waals surface area contributed by atoms with Gasteiger partial charge in [0.2, 0.25) is 0 Å². The molecule has 0 radical (unpaired) electrons. The minimum Gasteiger partial charge on any atom is -0.353 e. The van der Waals surface area contributed by atoms with Crippen molar-refractivity contribution in [3.8, 4) is 0 Å². The van der Waals surface area contributed by atoms with E-state index >= 15 is 0 Å². The quantitative estimate of drug-likeness (QED) is 0.356. The van der Waals surface area contributed by atoms with Crippen molar-refractivity contribution >= 4 is 39.8 Å². The molecule has 0 aromatic heterocycles. The van der Waals surface area contributed by atoms with E-state index in [1.165, 1.54) is 38.5 Å². The van der Waals surface area contributed by atoms with Crippen LogP contribution < -0.4 is 5.32 Å². The number of likely N-dealkylation sites (tertiary alicyclic amines) is 1. The van der Waals surface area contributed by atoms with Gasteiger partial charge in [0.1, 0.15) is 0 Å².